The maximum atomic E-state index is 12.0. The fourth-order valence-corrected chi connectivity index (χ4v) is 2.45. The Morgan fingerprint density at radius 1 is 1.35 bits per heavy atom. The van der Waals surface area contributed by atoms with E-state index in [2.05, 4.69) is 5.32 Å². The number of hydrogen-bond acceptors (Lipinski definition) is 3. The number of hydrogen-bond donors (Lipinski definition) is 1. The predicted octanol–water partition coefficient (Wildman–Crippen LogP) is 3.45. The molecule has 2 aromatic rings. The highest BCUT2D eigenvalue weighted by molar-refractivity contribution is 7.12. The molecule has 0 bridgehead atoms. The zero-order valence-corrected chi connectivity index (χ0v) is 10.9. The van der Waals surface area contributed by atoms with Crippen LogP contribution in [0.3, 0.4) is 0 Å². The van der Waals surface area contributed by atoms with E-state index in [1.165, 1.54) is 11.3 Å². The Bertz CT molecular complexity index is 527. The lowest BCUT2D eigenvalue weighted by Gasteiger charge is -2.10. The summed E-state index contributed by atoms with van der Waals surface area (Å²) in [5, 5.41) is 4.85. The van der Waals surface area contributed by atoms with E-state index in [1.807, 2.05) is 44.4 Å². The molecule has 2 rings (SSSR count). The topological polar surface area (TPSA) is 42.2 Å². The molecule has 4 heteroatoms. The van der Waals surface area contributed by atoms with Gasteiger partial charge in [-0.05, 0) is 49.9 Å². The lowest BCUT2D eigenvalue weighted by atomic mass is 10.2. The highest BCUT2D eigenvalue weighted by Crippen LogP contribution is 2.19. The second-order valence-corrected chi connectivity index (χ2v) is 4.99. The number of nitrogens with one attached hydrogen (secondary N) is 1. The molecule has 0 fully saturated rings. The number of furan rings is 1. The average molecular weight is 249 g/mol. The van der Waals surface area contributed by atoms with E-state index in [4.69, 9.17) is 4.42 Å². The van der Waals surface area contributed by atoms with Crippen LogP contribution in [-0.2, 0) is 0 Å². The van der Waals surface area contributed by atoms with Crippen LogP contribution in [0.15, 0.2) is 28.0 Å². The van der Waals surface area contributed by atoms with Crippen molar-refractivity contribution in [3.05, 3.63) is 45.5 Å². The Balaban J connectivity index is 2.07. The molecular weight excluding hydrogens is 234 g/mol. The summed E-state index contributed by atoms with van der Waals surface area (Å²) in [6, 6.07) is 5.62. The molecule has 0 aromatic carbocycles. The van der Waals surface area contributed by atoms with Gasteiger partial charge in [-0.15, -0.1) is 11.3 Å². The van der Waals surface area contributed by atoms with Crippen molar-refractivity contribution in [1.82, 2.24) is 5.32 Å². The van der Waals surface area contributed by atoms with Crippen LogP contribution in [0.1, 0.15) is 39.7 Å². The van der Waals surface area contributed by atoms with Crippen molar-refractivity contribution in [2.24, 2.45) is 0 Å². The van der Waals surface area contributed by atoms with E-state index in [9.17, 15) is 4.79 Å². The number of thiophene rings is 1. The van der Waals surface area contributed by atoms with Gasteiger partial charge in [-0.25, -0.2) is 0 Å². The summed E-state index contributed by atoms with van der Waals surface area (Å²) in [7, 11) is 0. The predicted molar refractivity (Wildman–Crippen MR) is 68.4 cm³/mol. The van der Waals surface area contributed by atoms with Crippen LogP contribution in [0.25, 0.3) is 0 Å². The van der Waals surface area contributed by atoms with Gasteiger partial charge in [-0.2, -0.15) is 0 Å². The van der Waals surface area contributed by atoms with E-state index in [-0.39, 0.29) is 11.9 Å². The minimum Gasteiger partial charge on any atom is -0.464 e. The third-order valence-corrected chi connectivity index (χ3v) is 3.62. The second-order valence-electron chi connectivity index (χ2n) is 4.08. The van der Waals surface area contributed by atoms with Crippen molar-refractivity contribution in [2.75, 3.05) is 0 Å². The maximum Gasteiger partial charge on any atom is 0.262 e. The normalized spacial score (nSPS) is 12.4. The van der Waals surface area contributed by atoms with Gasteiger partial charge in [0, 0.05) is 0 Å². The van der Waals surface area contributed by atoms with Crippen LogP contribution < -0.4 is 5.32 Å². The van der Waals surface area contributed by atoms with E-state index in [0.29, 0.717) is 0 Å². The highest BCUT2D eigenvalue weighted by atomic mass is 32.1. The monoisotopic (exact) mass is 249 g/mol. The largest absolute Gasteiger partial charge is 0.464 e. The van der Waals surface area contributed by atoms with Gasteiger partial charge in [0.2, 0.25) is 0 Å². The zero-order chi connectivity index (χ0) is 12.4. The summed E-state index contributed by atoms with van der Waals surface area (Å²) in [5.74, 6) is 1.59. The molecule has 3 nitrogen and oxygen atoms in total. The van der Waals surface area contributed by atoms with E-state index in [0.717, 1.165) is 22.0 Å². The number of carbonyl (C=O) groups excluding carboxylic acids is 1. The molecule has 0 aliphatic rings. The summed E-state index contributed by atoms with van der Waals surface area (Å²) in [4.78, 5) is 12.7. The van der Waals surface area contributed by atoms with Crippen LogP contribution >= 0.6 is 11.3 Å². The molecule has 1 N–H and O–H groups in total. The smallest absolute Gasteiger partial charge is 0.262 e. The van der Waals surface area contributed by atoms with Crippen molar-refractivity contribution in [1.29, 1.82) is 0 Å². The summed E-state index contributed by atoms with van der Waals surface area (Å²) in [6.07, 6.45) is 0. The first-order valence-electron chi connectivity index (χ1n) is 5.49. The first-order valence-corrected chi connectivity index (χ1v) is 6.37. The van der Waals surface area contributed by atoms with Gasteiger partial charge in [0.1, 0.15) is 11.5 Å². The van der Waals surface area contributed by atoms with E-state index < -0.39 is 0 Å². The zero-order valence-electron chi connectivity index (χ0n) is 10.1. The molecule has 1 unspecified atom stereocenters. The lowest BCUT2D eigenvalue weighted by molar-refractivity contribution is 0.0938. The van der Waals surface area contributed by atoms with Crippen LogP contribution in [-0.4, -0.2) is 5.91 Å². The summed E-state index contributed by atoms with van der Waals surface area (Å²) in [6.45, 7) is 5.74. The second kappa shape index (κ2) is 4.75. The summed E-state index contributed by atoms with van der Waals surface area (Å²) in [5.41, 5.74) is 1.01. The number of aryl methyl sites for hydroxylation is 2. The standard InChI is InChI=1S/C13H15NO2S/c1-8-6-7-17-12(8)13(15)14-10(3)11-5-4-9(2)16-11/h4-7,10H,1-3H3,(H,14,15). The minimum atomic E-state index is -0.113. The van der Waals surface area contributed by atoms with Gasteiger partial charge in [-0.3, -0.25) is 4.79 Å². The van der Waals surface area contributed by atoms with Crippen molar-refractivity contribution < 1.29 is 9.21 Å². The number of amides is 1. The molecular formula is C13H15NO2S. The van der Waals surface area contributed by atoms with Crippen molar-refractivity contribution in [2.45, 2.75) is 26.8 Å². The molecule has 2 heterocycles. The van der Waals surface area contributed by atoms with Crippen molar-refractivity contribution >= 4 is 17.2 Å². The molecule has 0 saturated heterocycles. The van der Waals surface area contributed by atoms with Gasteiger partial charge in [0.05, 0.1) is 10.9 Å². The Kier molecular flexibility index (Phi) is 3.33. The molecule has 0 aliphatic carbocycles. The molecule has 1 atom stereocenters. The number of carbonyl (C=O) groups is 1. The lowest BCUT2D eigenvalue weighted by Crippen LogP contribution is -2.26. The van der Waals surface area contributed by atoms with Crippen LogP contribution in [0.5, 0.6) is 0 Å². The van der Waals surface area contributed by atoms with Crippen LogP contribution in [0.2, 0.25) is 0 Å². The molecule has 2 aromatic heterocycles. The molecule has 0 saturated carbocycles. The van der Waals surface area contributed by atoms with Gasteiger partial charge in [0.25, 0.3) is 5.91 Å². The summed E-state index contributed by atoms with van der Waals surface area (Å²) < 4.78 is 5.48. The molecule has 0 spiro atoms. The fraction of sp³-hybridized carbons (Fsp3) is 0.308. The Morgan fingerprint density at radius 2 is 2.12 bits per heavy atom. The SMILES string of the molecule is Cc1ccc(C(C)NC(=O)c2sccc2C)o1. The van der Waals surface area contributed by atoms with Gasteiger partial charge >= 0.3 is 0 Å². The fourth-order valence-electron chi connectivity index (χ4n) is 1.62. The molecule has 0 aliphatic heterocycles. The Hall–Kier alpha value is -1.55. The Morgan fingerprint density at radius 3 is 2.65 bits per heavy atom. The molecule has 17 heavy (non-hydrogen) atoms. The van der Waals surface area contributed by atoms with Crippen molar-refractivity contribution in [3.63, 3.8) is 0 Å². The van der Waals surface area contributed by atoms with E-state index >= 15 is 0 Å². The first kappa shape index (κ1) is 11.9. The highest BCUT2D eigenvalue weighted by Gasteiger charge is 2.16. The summed E-state index contributed by atoms with van der Waals surface area (Å²) >= 11 is 1.46. The molecule has 90 valence electrons. The van der Waals surface area contributed by atoms with Gasteiger partial charge in [-0.1, -0.05) is 0 Å². The molecule has 0 radical (unpaired) electrons. The third-order valence-electron chi connectivity index (χ3n) is 2.60. The molecule has 1 amide bonds. The van der Waals surface area contributed by atoms with Gasteiger partial charge < -0.3 is 9.73 Å². The van der Waals surface area contributed by atoms with Crippen LogP contribution in [0.4, 0.5) is 0 Å². The average Bonchev–Trinajstić information content (AvgIpc) is 2.86. The maximum absolute atomic E-state index is 12.0. The third kappa shape index (κ3) is 2.58. The number of rotatable bonds is 3. The quantitative estimate of drug-likeness (QED) is 0.905. The van der Waals surface area contributed by atoms with Gasteiger partial charge in [0.15, 0.2) is 0 Å². The van der Waals surface area contributed by atoms with Crippen molar-refractivity contribution in [3.8, 4) is 0 Å². The first-order chi connectivity index (χ1) is 8.08. The Labute approximate surface area is 104 Å². The minimum absolute atomic E-state index is 0.0425. The van der Waals surface area contributed by atoms with Crippen LogP contribution in [0, 0.1) is 13.8 Å². The van der Waals surface area contributed by atoms with E-state index in [1.54, 1.807) is 0 Å².